The van der Waals surface area contributed by atoms with Gasteiger partial charge in [-0.3, -0.25) is 4.79 Å². The highest BCUT2D eigenvalue weighted by Crippen LogP contribution is 2.65. The van der Waals surface area contributed by atoms with E-state index in [-0.39, 0.29) is 6.04 Å². The lowest BCUT2D eigenvalue weighted by atomic mass is 9.99. The van der Waals surface area contributed by atoms with Crippen LogP contribution in [-0.2, 0) is 15.0 Å². The summed E-state index contributed by atoms with van der Waals surface area (Å²) < 4.78 is 29.2. The van der Waals surface area contributed by atoms with Gasteiger partial charge in [-0.15, -0.1) is 0 Å². The number of aliphatic carboxylic acids is 1. The molecule has 4 fully saturated rings. The van der Waals surface area contributed by atoms with Crippen molar-refractivity contribution in [2.75, 3.05) is 13.1 Å². The summed E-state index contributed by atoms with van der Waals surface area (Å²) in [5.74, 6) is 1.43. The highest BCUT2D eigenvalue weighted by molar-refractivity contribution is 7.87. The summed E-state index contributed by atoms with van der Waals surface area (Å²) in [6.45, 7) is 0.641. The average Bonchev–Trinajstić information content (AvgIpc) is 2.85. The van der Waals surface area contributed by atoms with Crippen molar-refractivity contribution in [3.63, 3.8) is 0 Å². The quantitative estimate of drug-likeness (QED) is 0.798. The van der Waals surface area contributed by atoms with Crippen molar-refractivity contribution in [3.8, 4) is 0 Å². The van der Waals surface area contributed by atoms with E-state index in [1.54, 1.807) is 0 Å². The zero-order chi connectivity index (χ0) is 14.8. The molecule has 3 saturated carbocycles. The second kappa shape index (κ2) is 4.67. The predicted octanol–water partition coefficient (Wildman–Crippen LogP) is 0.662. The van der Waals surface area contributed by atoms with Crippen LogP contribution in [-0.4, -0.2) is 42.9 Å². The standard InChI is InChI=1S/C14H22N2O4S/c17-14(18)8-3-5-16(6-4-8)21(19,20)15-13-11-9-1-2-10(7-9)12(11)13/h8-13,15H,1-7H2,(H,17,18). The Morgan fingerprint density at radius 3 is 2.14 bits per heavy atom. The van der Waals surface area contributed by atoms with Crippen LogP contribution < -0.4 is 4.72 Å². The molecule has 0 aromatic carbocycles. The Hall–Kier alpha value is -0.660. The molecule has 1 heterocycles. The van der Waals surface area contributed by atoms with Crippen molar-refractivity contribution >= 4 is 16.2 Å². The summed E-state index contributed by atoms with van der Waals surface area (Å²) in [5.41, 5.74) is 0. The molecule has 0 spiro atoms. The van der Waals surface area contributed by atoms with Crippen molar-refractivity contribution in [1.29, 1.82) is 0 Å². The number of hydrogen-bond donors (Lipinski definition) is 2. The van der Waals surface area contributed by atoms with E-state index in [2.05, 4.69) is 4.72 Å². The Bertz CT molecular complexity index is 539. The second-order valence-electron chi connectivity index (χ2n) is 7.15. The first kappa shape index (κ1) is 14.0. The average molecular weight is 314 g/mol. The van der Waals surface area contributed by atoms with Gasteiger partial charge in [-0.1, -0.05) is 0 Å². The van der Waals surface area contributed by atoms with Crippen LogP contribution in [0.2, 0.25) is 0 Å². The molecular formula is C14H22N2O4S. The van der Waals surface area contributed by atoms with Gasteiger partial charge >= 0.3 is 5.97 Å². The molecule has 0 amide bonds. The lowest BCUT2D eigenvalue weighted by Gasteiger charge is -2.29. The first-order valence-corrected chi connectivity index (χ1v) is 9.41. The fourth-order valence-corrected chi connectivity index (χ4v) is 6.57. The Morgan fingerprint density at radius 2 is 1.62 bits per heavy atom. The highest BCUT2D eigenvalue weighted by Gasteiger charge is 2.66. The molecule has 4 rings (SSSR count). The van der Waals surface area contributed by atoms with Gasteiger partial charge in [0.15, 0.2) is 0 Å². The Labute approximate surface area is 125 Å². The molecule has 4 aliphatic rings. The minimum absolute atomic E-state index is 0.151. The van der Waals surface area contributed by atoms with Crippen LogP contribution in [0.1, 0.15) is 32.1 Å². The van der Waals surface area contributed by atoms with E-state index in [9.17, 15) is 13.2 Å². The number of carboxylic acid groups (broad SMARTS) is 1. The molecule has 21 heavy (non-hydrogen) atoms. The van der Waals surface area contributed by atoms with E-state index in [0.29, 0.717) is 37.8 Å². The van der Waals surface area contributed by atoms with Gasteiger partial charge in [0.05, 0.1) is 5.92 Å². The van der Waals surface area contributed by atoms with Crippen LogP contribution in [0.25, 0.3) is 0 Å². The summed E-state index contributed by atoms with van der Waals surface area (Å²) in [6.07, 6.45) is 4.68. The maximum Gasteiger partial charge on any atom is 0.306 e. The highest BCUT2D eigenvalue weighted by atomic mass is 32.2. The smallest absolute Gasteiger partial charge is 0.306 e. The maximum absolute atomic E-state index is 12.4. The van der Waals surface area contributed by atoms with Crippen molar-refractivity contribution in [2.45, 2.75) is 38.1 Å². The van der Waals surface area contributed by atoms with E-state index >= 15 is 0 Å². The molecular weight excluding hydrogens is 292 g/mol. The van der Waals surface area contributed by atoms with Gasteiger partial charge in [0.1, 0.15) is 0 Å². The minimum atomic E-state index is -3.44. The Kier molecular flexibility index (Phi) is 3.10. The number of hydrogen-bond acceptors (Lipinski definition) is 3. The summed E-state index contributed by atoms with van der Waals surface area (Å²) in [5, 5.41) is 8.97. The normalized spacial score (nSPS) is 43.0. The van der Waals surface area contributed by atoms with Crippen LogP contribution >= 0.6 is 0 Å². The van der Waals surface area contributed by atoms with E-state index in [1.807, 2.05) is 0 Å². The number of fused-ring (bicyclic) bond motifs is 5. The molecule has 2 N–H and O–H groups in total. The molecule has 0 aromatic rings. The number of nitrogens with zero attached hydrogens (tertiary/aromatic N) is 1. The molecule has 4 unspecified atom stereocenters. The molecule has 118 valence electrons. The van der Waals surface area contributed by atoms with Gasteiger partial charge in [0, 0.05) is 19.1 Å². The zero-order valence-corrected chi connectivity index (χ0v) is 12.8. The predicted molar refractivity (Wildman–Crippen MR) is 75.6 cm³/mol. The lowest BCUT2D eigenvalue weighted by Crippen LogP contribution is -2.47. The molecule has 0 radical (unpaired) electrons. The first-order chi connectivity index (χ1) is 9.97. The molecule has 6 nitrogen and oxygen atoms in total. The van der Waals surface area contributed by atoms with Crippen LogP contribution in [0.15, 0.2) is 0 Å². The molecule has 1 saturated heterocycles. The fraction of sp³-hybridized carbons (Fsp3) is 0.929. The van der Waals surface area contributed by atoms with Crippen molar-refractivity contribution in [1.82, 2.24) is 9.03 Å². The third kappa shape index (κ3) is 2.21. The number of piperidine rings is 1. The molecule has 1 aliphatic heterocycles. The first-order valence-electron chi connectivity index (χ1n) is 7.97. The molecule has 7 heteroatoms. The van der Waals surface area contributed by atoms with Crippen LogP contribution in [0.4, 0.5) is 0 Å². The topological polar surface area (TPSA) is 86.7 Å². The second-order valence-corrected chi connectivity index (χ2v) is 8.85. The molecule has 3 aliphatic carbocycles. The number of rotatable bonds is 4. The third-order valence-corrected chi connectivity index (χ3v) is 7.78. The lowest BCUT2D eigenvalue weighted by molar-refractivity contribution is -0.142. The van der Waals surface area contributed by atoms with Crippen molar-refractivity contribution in [3.05, 3.63) is 0 Å². The van der Waals surface area contributed by atoms with E-state index < -0.39 is 22.1 Å². The van der Waals surface area contributed by atoms with Gasteiger partial charge in [-0.2, -0.15) is 17.4 Å². The summed E-state index contributed by atoms with van der Waals surface area (Å²) in [6, 6.07) is 0.151. The zero-order valence-electron chi connectivity index (χ0n) is 11.9. The summed E-state index contributed by atoms with van der Waals surface area (Å²) in [4.78, 5) is 10.9. The minimum Gasteiger partial charge on any atom is -0.481 e. The maximum atomic E-state index is 12.4. The van der Waals surface area contributed by atoms with Crippen molar-refractivity contribution < 1.29 is 18.3 Å². The van der Waals surface area contributed by atoms with E-state index in [1.165, 1.54) is 23.6 Å². The van der Waals surface area contributed by atoms with Gasteiger partial charge < -0.3 is 5.11 Å². The fourth-order valence-electron chi connectivity index (χ4n) is 5.07. The van der Waals surface area contributed by atoms with Crippen LogP contribution in [0, 0.1) is 29.6 Å². The SMILES string of the molecule is O=C(O)C1CCN(S(=O)(=O)NC2C3C4CCC(C4)C23)CC1. The summed E-state index contributed by atoms with van der Waals surface area (Å²) in [7, 11) is -3.44. The van der Waals surface area contributed by atoms with Crippen LogP contribution in [0.5, 0.6) is 0 Å². The number of carboxylic acids is 1. The number of nitrogens with one attached hydrogen (secondary N) is 1. The van der Waals surface area contributed by atoms with Crippen LogP contribution in [0.3, 0.4) is 0 Å². The Morgan fingerprint density at radius 1 is 1.05 bits per heavy atom. The van der Waals surface area contributed by atoms with Gasteiger partial charge in [-0.05, 0) is 55.8 Å². The third-order valence-electron chi connectivity index (χ3n) is 6.16. The Balaban J connectivity index is 1.36. The van der Waals surface area contributed by atoms with E-state index in [0.717, 1.165) is 11.8 Å². The molecule has 2 bridgehead atoms. The van der Waals surface area contributed by atoms with E-state index in [4.69, 9.17) is 5.11 Å². The monoisotopic (exact) mass is 314 g/mol. The number of carbonyl (C=O) groups is 1. The summed E-state index contributed by atoms with van der Waals surface area (Å²) >= 11 is 0. The van der Waals surface area contributed by atoms with Crippen molar-refractivity contribution in [2.24, 2.45) is 29.6 Å². The van der Waals surface area contributed by atoms with Gasteiger partial charge in [0.25, 0.3) is 10.2 Å². The largest absolute Gasteiger partial charge is 0.481 e. The van der Waals surface area contributed by atoms with Gasteiger partial charge in [0.2, 0.25) is 0 Å². The van der Waals surface area contributed by atoms with Gasteiger partial charge in [-0.25, -0.2) is 0 Å². The molecule has 0 aromatic heterocycles. The molecule has 4 atom stereocenters.